The Hall–Kier alpha value is -1.65. The van der Waals surface area contributed by atoms with Crippen molar-refractivity contribution in [2.24, 2.45) is 0 Å². The maximum atomic E-state index is 10.4. The molecule has 0 aliphatic carbocycles. The van der Waals surface area contributed by atoms with Gasteiger partial charge in [-0.15, -0.1) is 0 Å². The summed E-state index contributed by atoms with van der Waals surface area (Å²) in [5.41, 5.74) is 2.57. The minimum absolute atomic E-state index is 0.632. The minimum atomic E-state index is -0.632. The molecule has 1 atom stereocenters. The van der Waals surface area contributed by atoms with Gasteiger partial charge in [0.05, 0.1) is 17.5 Å². The highest BCUT2D eigenvalue weighted by Gasteiger charge is 2.32. The Balaban J connectivity index is 1.88. The number of hydrogen-bond acceptors (Lipinski definition) is 3. The first kappa shape index (κ1) is 11.4. The smallest absolute Gasteiger partial charge is 0.0825 e. The molecular formula is C14H17N3O. The first-order chi connectivity index (χ1) is 8.77. The molecule has 18 heavy (non-hydrogen) atoms. The number of hydrogen-bond donors (Lipinski definition) is 3. The second kappa shape index (κ2) is 4.55. The van der Waals surface area contributed by atoms with Crippen LogP contribution in [0.1, 0.15) is 12.0 Å². The predicted octanol–water partition coefficient (Wildman–Crippen LogP) is 1.34. The average Bonchev–Trinajstić information content (AvgIpc) is 3.00. The van der Waals surface area contributed by atoms with Crippen LogP contribution in [0.25, 0.3) is 11.3 Å². The lowest BCUT2D eigenvalue weighted by Gasteiger charge is -2.20. The van der Waals surface area contributed by atoms with E-state index in [0.717, 1.165) is 29.8 Å². The van der Waals surface area contributed by atoms with E-state index in [9.17, 15) is 5.11 Å². The number of aromatic amines is 1. The monoisotopic (exact) mass is 243 g/mol. The lowest BCUT2D eigenvalue weighted by Crippen LogP contribution is -2.33. The summed E-state index contributed by atoms with van der Waals surface area (Å²) in [6.45, 7) is 1.54. The lowest BCUT2D eigenvalue weighted by atomic mass is 9.92. The zero-order valence-electron chi connectivity index (χ0n) is 10.2. The molecule has 0 amide bonds. The van der Waals surface area contributed by atoms with Crippen molar-refractivity contribution in [3.63, 3.8) is 0 Å². The molecule has 0 saturated carbocycles. The highest BCUT2D eigenvalue weighted by molar-refractivity contribution is 5.62. The average molecular weight is 243 g/mol. The Bertz CT molecular complexity index is 515. The normalized spacial score (nSPS) is 23.4. The molecule has 4 heteroatoms. The summed E-state index contributed by atoms with van der Waals surface area (Å²) in [5, 5.41) is 20.8. The number of nitrogens with one attached hydrogen (secondary N) is 2. The molecule has 1 aliphatic heterocycles. The first-order valence-corrected chi connectivity index (χ1v) is 6.28. The highest BCUT2D eigenvalue weighted by Crippen LogP contribution is 2.26. The molecule has 1 aliphatic rings. The van der Waals surface area contributed by atoms with Crippen LogP contribution in [-0.2, 0) is 6.42 Å². The van der Waals surface area contributed by atoms with E-state index in [2.05, 4.69) is 15.5 Å². The number of aromatic nitrogens is 2. The van der Waals surface area contributed by atoms with Crippen LogP contribution >= 0.6 is 0 Å². The molecule has 2 heterocycles. The Morgan fingerprint density at radius 3 is 2.83 bits per heavy atom. The van der Waals surface area contributed by atoms with Gasteiger partial charge in [-0.3, -0.25) is 5.10 Å². The zero-order valence-corrected chi connectivity index (χ0v) is 10.2. The molecule has 1 fully saturated rings. The molecular weight excluding hydrogens is 226 g/mol. The van der Waals surface area contributed by atoms with Crippen LogP contribution in [0.4, 0.5) is 0 Å². The van der Waals surface area contributed by atoms with E-state index in [4.69, 9.17) is 0 Å². The van der Waals surface area contributed by atoms with Gasteiger partial charge in [0.1, 0.15) is 0 Å². The van der Waals surface area contributed by atoms with E-state index >= 15 is 0 Å². The van der Waals surface area contributed by atoms with E-state index in [0.29, 0.717) is 13.0 Å². The highest BCUT2D eigenvalue weighted by atomic mass is 16.3. The molecule has 0 spiro atoms. The Labute approximate surface area is 106 Å². The van der Waals surface area contributed by atoms with Crippen LogP contribution in [0.5, 0.6) is 0 Å². The molecule has 0 radical (unpaired) electrons. The maximum Gasteiger partial charge on any atom is 0.0825 e. The Morgan fingerprint density at radius 1 is 1.28 bits per heavy atom. The lowest BCUT2D eigenvalue weighted by molar-refractivity contribution is 0.0620. The van der Waals surface area contributed by atoms with Crippen molar-refractivity contribution in [1.82, 2.24) is 15.5 Å². The number of H-pyrrole nitrogens is 1. The van der Waals surface area contributed by atoms with Gasteiger partial charge in [0.15, 0.2) is 0 Å². The fourth-order valence-corrected chi connectivity index (χ4v) is 2.54. The Morgan fingerprint density at radius 2 is 2.11 bits per heavy atom. The third-order valence-electron chi connectivity index (χ3n) is 3.52. The predicted molar refractivity (Wildman–Crippen MR) is 70.2 cm³/mol. The molecule has 1 aromatic carbocycles. The van der Waals surface area contributed by atoms with E-state index in [1.165, 1.54) is 0 Å². The van der Waals surface area contributed by atoms with Gasteiger partial charge in [-0.05, 0) is 18.5 Å². The van der Waals surface area contributed by atoms with Crippen molar-refractivity contribution in [3.8, 4) is 11.3 Å². The summed E-state index contributed by atoms with van der Waals surface area (Å²) in [6.07, 6.45) is 3.26. The number of aliphatic hydroxyl groups is 1. The molecule has 4 nitrogen and oxygen atoms in total. The summed E-state index contributed by atoms with van der Waals surface area (Å²) < 4.78 is 0. The topological polar surface area (TPSA) is 60.9 Å². The number of rotatable bonds is 3. The minimum Gasteiger partial charge on any atom is -0.388 e. The largest absolute Gasteiger partial charge is 0.388 e. The van der Waals surface area contributed by atoms with Crippen LogP contribution in [0, 0.1) is 0 Å². The maximum absolute atomic E-state index is 10.4. The van der Waals surface area contributed by atoms with Gasteiger partial charge in [0.2, 0.25) is 0 Å². The van der Waals surface area contributed by atoms with Gasteiger partial charge in [-0.25, -0.2) is 0 Å². The van der Waals surface area contributed by atoms with Gasteiger partial charge < -0.3 is 10.4 Å². The zero-order chi connectivity index (χ0) is 12.4. The van der Waals surface area contributed by atoms with Crippen molar-refractivity contribution >= 4 is 0 Å². The van der Waals surface area contributed by atoms with Crippen LogP contribution in [0.2, 0.25) is 0 Å². The van der Waals surface area contributed by atoms with E-state index in [-0.39, 0.29) is 0 Å². The Kier molecular flexibility index (Phi) is 2.89. The standard InChI is InChI=1S/C14H17N3O/c18-14(6-7-15-10-14)8-12-9-16-17-13(12)11-4-2-1-3-5-11/h1-5,9,15,18H,6-8,10H2,(H,16,17). The molecule has 3 rings (SSSR count). The summed E-state index contributed by atoms with van der Waals surface area (Å²) in [6, 6.07) is 10.1. The summed E-state index contributed by atoms with van der Waals surface area (Å²) >= 11 is 0. The summed E-state index contributed by atoms with van der Waals surface area (Å²) in [7, 11) is 0. The van der Waals surface area contributed by atoms with E-state index in [1.54, 1.807) is 0 Å². The molecule has 1 saturated heterocycles. The fourth-order valence-electron chi connectivity index (χ4n) is 2.54. The van der Waals surface area contributed by atoms with Crippen molar-refractivity contribution in [2.75, 3.05) is 13.1 Å². The van der Waals surface area contributed by atoms with Crippen LogP contribution in [0.15, 0.2) is 36.5 Å². The molecule has 1 unspecified atom stereocenters. The second-order valence-electron chi connectivity index (χ2n) is 4.96. The third-order valence-corrected chi connectivity index (χ3v) is 3.52. The fraction of sp³-hybridized carbons (Fsp3) is 0.357. The third kappa shape index (κ3) is 2.17. The van der Waals surface area contributed by atoms with Crippen molar-refractivity contribution in [1.29, 1.82) is 0 Å². The van der Waals surface area contributed by atoms with Crippen LogP contribution < -0.4 is 5.32 Å². The number of benzene rings is 1. The van der Waals surface area contributed by atoms with Gasteiger partial charge in [-0.2, -0.15) is 5.10 Å². The van der Waals surface area contributed by atoms with Gasteiger partial charge in [0.25, 0.3) is 0 Å². The van der Waals surface area contributed by atoms with Crippen molar-refractivity contribution in [2.45, 2.75) is 18.4 Å². The van der Waals surface area contributed by atoms with Crippen LogP contribution in [0.3, 0.4) is 0 Å². The summed E-state index contributed by atoms with van der Waals surface area (Å²) in [4.78, 5) is 0. The molecule has 94 valence electrons. The van der Waals surface area contributed by atoms with E-state index < -0.39 is 5.60 Å². The van der Waals surface area contributed by atoms with Crippen molar-refractivity contribution < 1.29 is 5.11 Å². The van der Waals surface area contributed by atoms with Gasteiger partial charge in [0, 0.05) is 18.5 Å². The number of nitrogens with zero attached hydrogens (tertiary/aromatic N) is 1. The molecule has 1 aromatic heterocycles. The molecule has 2 aromatic rings. The first-order valence-electron chi connectivity index (χ1n) is 6.28. The SMILES string of the molecule is OC1(Cc2cn[nH]c2-c2ccccc2)CCNC1. The van der Waals surface area contributed by atoms with E-state index in [1.807, 2.05) is 36.5 Å². The van der Waals surface area contributed by atoms with Crippen molar-refractivity contribution in [3.05, 3.63) is 42.1 Å². The molecule has 3 N–H and O–H groups in total. The van der Waals surface area contributed by atoms with Gasteiger partial charge >= 0.3 is 0 Å². The number of β-amino-alcohol motifs (C(OH)–C–C–N with tert-alkyl or cyclic N) is 1. The van der Waals surface area contributed by atoms with Gasteiger partial charge in [-0.1, -0.05) is 30.3 Å². The summed E-state index contributed by atoms with van der Waals surface area (Å²) in [5.74, 6) is 0. The molecule has 0 bridgehead atoms. The quantitative estimate of drug-likeness (QED) is 0.762. The van der Waals surface area contributed by atoms with Crippen LogP contribution in [-0.4, -0.2) is 34.0 Å². The second-order valence-corrected chi connectivity index (χ2v) is 4.96.